The normalized spacial score (nSPS) is 14.8. The summed E-state index contributed by atoms with van der Waals surface area (Å²) < 4.78 is 5.50. The van der Waals surface area contributed by atoms with Gasteiger partial charge in [0.2, 0.25) is 0 Å². The Morgan fingerprint density at radius 2 is 2.25 bits per heavy atom. The molecule has 0 unspecified atom stereocenters. The van der Waals surface area contributed by atoms with Crippen LogP contribution in [-0.2, 0) is 17.8 Å². The molecular weight excluding hydrogens is 202 g/mol. The molecule has 4 nitrogen and oxygen atoms in total. The minimum absolute atomic E-state index is 0.610. The summed E-state index contributed by atoms with van der Waals surface area (Å²) in [5.41, 5.74) is 10.5. The van der Waals surface area contributed by atoms with Gasteiger partial charge < -0.3 is 10.5 Å². The lowest BCUT2D eigenvalue weighted by molar-refractivity contribution is 0.111. The number of rotatable bonds is 1. The molecule has 1 aromatic carbocycles. The molecular formula is C12H13N3O. The molecule has 1 aliphatic heterocycles. The topological polar surface area (TPSA) is 63.9 Å². The minimum atomic E-state index is 0.610. The van der Waals surface area contributed by atoms with E-state index in [1.54, 1.807) is 6.20 Å². The van der Waals surface area contributed by atoms with Crippen LogP contribution in [0.4, 0.5) is 5.82 Å². The molecule has 3 rings (SSSR count). The van der Waals surface area contributed by atoms with Gasteiger partial charge in [0.25, 0.3) is 0 Å². The van der Waals surface area contributed by atoms with Crippen LogP contribution in [0.25, 0.3) is 11.1 Å². The first-order valence-electron chi connectivity index (χ1n) is 5.34. The highest BCUT2D eigenvalue weighted by Crippen LogP contribution is 2.31. The van der Waals surface area contributed by atoms with Crippen LogP contribution in [0.3, 0.4) is 0 Å². The largest absolute Gasteiger partial charge is 0.384 e. The molecule has 1 aliphatic rings. The van der Waals surface area contributed by atoms with Gasteiger partial charge in [-0.3, -0.25) is 5.10 Å². The molecule has 16 heavy (non-hydrogen) atoms. The molecule has 0 atom stereocenters. The summed E-state index contributed by atoms with van der Waals surface area (Å²) in [4.78, 5) is 0. The van der Waals surface area contributed by atoms with Gasteiger partial charge in [0.05, 0.1) is 19.4 Å². The number of nitrogens with two attached hydrogens (primary N) is 1. The molecule has 0 bridgehead atoms. The maximum Gasteiger partial charge on any atom is 0.126 e. The van der Waals surface area contributed by atoms with Gasteiger partial charge in [-0.1, -0.05) is 18.2 Å². The molecule has 0 spiro atoms. The second-order valence-electron chi connectivity index (χ2n) is 3.94. The van der Waals surface area contributed by atoms with E-state index >= 15 is 0 Å². The average molecular weight is 215 g/mol. The molecule has 0 amide bonds. The fourth-order valence-corrected chi connectivity index (χ4v) is 2.16. The number of nitrogens with zero attached hydrogens (tertiary/aromatic N) is 1. The lowest BCUT2D eigenvalue weighted by Crippen LogP contribution is -2.10. The van der Waals surface area contributed by atoms with Gasteiger partial charge in [-0.05, 0) is 23.1 Å². The molecule has 0 aliphatic carbocycles. The highest BCUT2D eigenvalue weighted by Gasteiger charge is 2.16. The summed E-state index contributed by atoms with van der Waals surface area (Å²) in [5, 5.41) is 6.72. The third-order valence-electron chi connectivity index (χ3n) is 2.99. The zero-order valence-electron chi connectivity index (χ0n) is 8.86. The van der Waals surface area contributed by atoms with E-state index < -0.39 is 0 Å². The first-order valence-corrected chi connectivity index (χ1v) is 5.34. The van der Waals surface area contributed by atoms with E-state index in [9.17, 15) is 0 Å². The lowest BCUT2D eigenvalue weighted by Gasteiger charge is -2.19. The van der Waals surface area contributed by atoms with E-state index in [1.807, 2.05) is 0 Å². The summed E-state index contributed by atoms with van der Waals surface area (Å²) in [6.07, 6.45) is 2.74. The predicted octanol–water partition coefficient (Wildman–Crippen LogP) is 1.73. The monoisotopic (exact) mass is 215 g/mol. The van der Waals surface area contributed by atoms with Crippen molar-refractivity contribution in [2.24, 2.45) is 0 Å². The fraction of sp³-hybridized carbons (Fsp3) is 0.250. The Labute approximate surface area is 93.4 Å². The van der Waals surface area contributed by atoms with Crippen molar-refractivity contribution >= 4 is 5.82 Å². The number of ether oxygens (including phenoxy) is 1. The van der Waals surface area contributed by atoms with E-state index in [0.717, 1.165) is 24.2 Å². The van der Waals surface area contributed by atoms with Crippen LogP contribution in [0.1, 0.15) is 11.1 Å². The van der Waals surface area contributed by atoms with Crippen LogP contribution < -0.4 is 5.73 Å². The fourth-order valence-electron chi connectivity index (χ4n) is 2.16. The van der Waals surface area contributed by atoms with Gasteiger partial charge in [-0.2, -0.15) is 5.10 Å². The Morgan fingerprint density at radius 3 is 3.06 bits per heavy atom. The molecule has 0 radical (unpaired) electrons. The van der Waals surface area contributed by atoms with Crippen molar-refractivity contribution in [2.45, 2.75) is 13.0 Å². The zero-order chi connectivity index (χ0) is 11.0. The molecule has 1 aromatic heterocycles. The third kappa shape index (κ3) is 1.39. The zero-order valence-corrected chi connectivity index (χ0v) is 8.86. The van der Waals surface area contributed by atoms with Crippen LogP contribution >= 0.6 is 0 Å². The number of aromatic nitrogens is 2. The molecule has 0 saturated heterocycles. The maximum absolute atomic E-state index is 5.85. The summed E-state index contributed by atoms with van der Waals surface area (Å²) in [6.45, 7) is 1.47. The lowest BCUT2D eigenvalue weighted by atomic mass is 9.94. The minimum Gasteiger partial charge on any atom is -0.384 e. The molecule has 3 N–H and O–H groups in total. The van der Waals surface area contributed by atoms with Crippen LogP contribution in [0.15, 0.2) is 24.4 Å². The van der Waals surface area contributed by atoms with E-state index in [0.29, 0.717) is 12.4 Å². The predicted molar refractivity (Wildman–Crippen MR) is 61.8 cm³/mol. The molecule has 4 heteroatoms. The first-order chi connectivity index (χ1) is 7.86. The highest BCUT2D eigenvalue weighted by molar-refractivity contribution is 5.76. The number of nitrogens with one attached hydrogen (secondary N) is 1. The summed E-state index contributed by atoms with van der Waals surface area (Å²) in [5.74, 6) is 0.610. The van der Waals surface area contributed by atoms with Crippen molar-refractivity contribution in [3.8, 4) is 11.1 Å². The molecule has 2 aromatic rings. The van der Waals surface area contributed by atoms with Gasteiger partial charge in [0.1, 0.15) is 5.82 Å². The van der Waals surface area contributed by atoms with Crippen molar-refractivity contribution in [3.05, 3.63) is 35.5 Å². The SMILES string of the molecule is Nc1[nH]ncc1-c1cccc2c1COCC2. The smallest absolute Gasteiger partial charge is 0.126 e. The Hall–Kier alpha value is -1.81. The number of H-pyrrole nitrogens is 1. The van der Waals surface area contributed by atoms with Crippen LogP contribution in [0.2, 0.25) is 0 Å². The first kappa shape index (κ1) is 9.42. The molecule has 0 fully saturated rings. The Bertz CT molecular complexity index is 519. The van der Waals surface area contributed by atoms with E-state index in [2.05, 4.69) is 28.4 Å². The number of benzene rings is 1. The van der Waals surface area contributed by atoms with Crippen molar-refractivity contribution in [2.75, 3.05) is 12.3 Å². The summed E-state index contributed by atoms with van der Waals surface area (Å²) in [6, 6.07) is 6.28. The molecule has 2 heterocycles. The number of anilines is 1. The number of fused-ring (bicyclic) bond motifs is 1. The van der Waals surface area contributed by atoms with Crippen LogP contribution in [-0.4, -0.2) is 16.8 Å². The standard InChI is InChI=1S/C12H13N3O/c13-12-10(6-14-15-12)9-3-1-2-8-4-5-16-7-11(8)9/h1-3,6H,4-5,7H2,(H3,13,14,15). The van der Waals surface area contributed by atoms with Crippen molar-refractivity contribution in [1.29, 1.82) is 0 Å². The number of aromatic amines is 1. The van der Waals surface area contributed by atoms with Gasteiger partial charge in [-0.15, -0.1) is 0 Å². The van der Waals surface area contributed by atoms with Gasteiger partial charge in [0, 0.05) is 5.56 Å². The average Bonchev–Trinajstić information content (AvgIpc) is 2.75. The van der Waals surface area contributed by atoms with Crippen LogP contribution in [0, 0.1) is 0 Å². The Morgan fingerprint density at radius 1 is 1.31 bits per heavy atom. The molecule has 0 saturated carbocycles. The van der Waals surface area contributed by atoms with Gasteiger partial charge in [-0.25, -0.2) is 0 Å². The van der Waals surface area contributed by atoms with Crippen molar-refractivity contribution < 1.29 is 4.74 Å². The third-order valence-corrected chi connectivity index (χ3v) is 2.99. The number of hydrogen-bond acceptors (Lipinski definition) is 3. The molecule has 82 valence electrons. The van der Waals surface area contributed by atoms with Gasteiger partial charge >= 0.3 is 0 Å². The van der Waals surface area contributed by atoms with Crippen LogP contribution in [0.5, 0.6) is 0 Å². The van der Waals surface area contributed by atoms with E-state index in [4.69, 9.17) is 10.5 Å². The Kier molecular flexibility index (Phi) is 2.15. The van der Waals surface area contributed by atoms with E-state index in [1.165, 1.54) is 11.1 Å². The van der Waals surface area contributed by atoms with Crippen molar-refractivity contribution in [3.63, 3.8) is 0 Å². The van der Waals surface area contributed by atoms with Gasteiger partial charge in [0.15, 0.2) is 0 Å². The maximum atomic E-state index is 5.85. The summed E-state index contributed by atoms with van der Waals surface area (Å²) in [7, 11) is 0. The Balaban J connectivity index is 2.18. The highest BCUT2D eigenvalue weighted by atomic mass is 16.5. The number of nitrogen functional groups attached to an aromatic ring is 1. The van der Waals surface area contributed by atoms with Crippen molar-refractivity contribution in [1.82, 2.24) is 10.2 Å². The number of hydrogen-bond donors (Lipinski definition) is 2. The second kappa shape index (κ2) is 3.64. The van der Waals surface area contributed by atoms with E-state index in [-0.39, 0.29) is 0 Å². The quantitative estimate of drug-likeness (QED) is 0.761. The second-order valence-corrected chi connectivity index (χ2v) is 3.94. The summed E-state index contributed by atoms with van der Waals surface area (Å²) >= 11 is 0.